The highest BCUT2D eigenvalue weighted by molar-refractivity contribution is 6.30. The van der Waals surface area contributed by atoms with Gasteiger partial charge in [-0.05, 0) is 43.7 Å². The zero-order valence-electron chi connectivity index (χ0n) is 12.9. The largest absolute Gasteiger partial charge is 0.322 e. The second-order valence-corrected chi connectivity index (χ2v) is 6.43. The summed E-state index contributed by atoms with van der Waals surface area (Å²) in [6.07, 6.45) is 3.45. The lowest BCUT2D eigenvalue weighted by atomic mass is 9.95. The molecule has 0 saturated heterocycles. The summed E-state index contributed by atoms with van der Waals surface area (Å²) in [6, 6.07) is 10.8. The Hall–Kier alpha value is -2.37. The lowest BCUT2D eigenvalue weighted by Crippen LogP contribution is -2.28. The third-order valence-corrected chi connectivity index (χ3v) is 3.77. The van der Waals surface area contributed by atoms with Gasteiger partial charge in [-0.2, -0.15) is 0 Å². The molecule has 0 aliphatic rings. The Morgan fingerprint density at radius 3 is 2.52 bits per heavy atom. The van der Waals surface area contributed by atoms with Crippen LogP contribution in [0.25, 0.3) is 5.65 Å². The molecule has 2 aromatic heterocycles. The summed E-state index contributed by atoms with van der Waals surface area (Å²) in [4.78, 5) is 16.6. The first-order valence-electron chi connectivity index (χ1n) is 7.18. The molecule has 0 aliphatic heterocycles. The van der Waals surface area contributed by atoms with Crippen molar-refractivity contribution in [1.29, 1.82) is 0 Å². The monoisotopic (exact) mass is 328 g/mol. The fourth-order valence-electron chi connectivity index (χ4n) is 2.26. The maximum Gasteiger partial charge on any atom is 0.256 e. The highest BCUT2D eigenvalue weighted by Crippen LogP contribution is 2.18. The van der Waals surface area contributed by atoms with E-state index in [1.807, 2.05) is 26.0 Å². The third kappa shape index (κ3) is 3.36. The number of fused-ring (bicyclic) bond motifs is 1. The third-order valence-electron chi connectivity index (χ3n) is 3.55. The number of nitrogens with one attached hydrogen (secondary N) is 1. The van der Waals surface area contributed by atoms with E-state index >= 15 is 0 Å². The van der Waals surface area contributed by atoms with Gasteiger partial charge < -0.3 is 15.5 Å². The highest BCUT2D eigenvalue weighted by atomic mass is 35.5. The smallest absolute Gasteiger partial charge is 0.256 e. The molecule has 0 radical (unpaired) electrons. The van der Waals surface area contributed by atoms with Gasteiger partial charge in [-0.25, -0.2) is 4.98 Å². The van der Waals surface area contributed by atoms with Crippen LogP contribution in [0.2, 0.25) is 5.02 Å². The lowest BCUT2D eigenvalue weighted by Gasteiger charge is -2.19. The Bertz CT molecular complexity index is 862. The summed E-state index contributed by atoms with van der Waals surface area (Å²) in [6.45, 7) is 3.84. The van der Waals surface area contributed by atoms with Crippen molar-refractivity contribution in [3.8, 4) is 0 Å². The summed E-state index contributed by atoms with van der Waals surface area (Å²) in [5.74, 6) is 0.251. The average Bonchev–Trinajstić information content (AvgIpc) is 2.87. The van der Waals surface area contributed by atoms with E-state index in [-0.39, 0.29) is 5.91 Å². The van der Waals surface area contributed by atoms with E-state index in [0.717, 1.165) is 5.56 Å². The molecule has 0 spiro atoms. The maximum atomic E-state index is 12.3. The fourth-order valence-corrected chi connectivity index (χ4v) is 2.43. The number of anilines is 1. The Labute approximate surface area is 139 Å². The molecule has 1 amide bonds. The summed E-state index contributed by atoms with van der Waals surface area (Å²) >= 11 is 5.93. The Kier molecular flexibility index (Phi) is 3.83. The number of halogens is 1. The molecule has 118 valence electrons. The van der Waals surface area contributed by atoms with Crippen LogP contribution in [-0.2, 0) is 5.54 Å². The topological polar surface area (TPSA) is 72.4 Å². The zero-order valence-corrected chi connectivity index (χ0v) is 13.6. The number of benzene rings is 1. The Morgan fingerprint density at radius 1 is 1.17 bits per heavy atom. The van der Waals surface area contributed by atoms with Gasteiger partial charge in [-0.3, -0.25) is 4.79 Å². The SMILES string of the molecule is CC(C)(N)c1ccc(C(=O)Nc2cn3cc(Cl)ccc3n2)cc1. The molecule has 0 fully saturated rings. The van der Waals surface area contributed by atoms with Gasteiger partial charge in [0.1, 0.15) is 5.65 Å². The van der Waals surface area contributed by atoms with Gasteiger partial charge in [0.25, 0.3) is 5.91 Å². The number of rotatable bonds is 3. The fraction of sp³-hybridized carbons (Fsp3) is 0.176. The minimum absolute atomic E-state index is 0.221. The number of hydrogen-bond donors (Lipinski definition) is 2. The van der Waals surface area contributed by atoms with Crippen molar-refractivity contribution in [2.45, 2.75) is 19.4 Å². The minimum Gasteiger partial charge on any atom is -0.322 e. The van der Waals surface area contributed by atoms with Gasteiger partial charge in [0, 0.05) is 17.3 Å². The first kappa shape index (κ1) is 15.5. The van der Waals surface area contributed by atoms with Crippen molar-refractivity contribution in [3.05, 3.63) is 64.9 Å². The molecule has 6 heteroatoms. The lowest BCUT2D eigenvalue weighted by molar-refractivity contribution is 0.102. The van der Waals surface area contributed by atoms with E-state index in [1.54, 1.807) is 41.1 Å². The molecule has 3 rings (SSSR count). The molecule has 0 saturated carbocycles. The van der Waals surface area contributed by atoms with Crippen LogP contribution in [0, 0.1) is 0 Å². The number of hydrogen-bond acceptors (Lipinski definition) is 3. The van der Waals surface area contributed by atoms with Gasteiger partial charge in [0.15, 0.2) is 5.82 Å². The van der Waals surface area contributed by atoms with E-state index in [9.17, 15) is 4.79 Å². The zero-order chi connectivity index (χ0) is 16.6. The number of nitrogens with two attached hydrogens (primary N) is 1. The number of nitrogens with zero attached hydrogens (tertiary/aromatic N) is 2. The Morgan fingerprint density at radius 2 is 1.87 bits per heavy atom. The molecular weight excluding hydrogens is 312 g/mol. The van der Waals surface area contributed by atoms with Crippen molar-refractivity contribution in [1.82, 2.24) is 9.38 Å². The average molecular weight is 329 g/mol. The van der Waals surface area contributed by atoms with E-state index in [2.05, 4.69) is 10.3 Å². The highest BCUT2D eigenvalue weighted by Gasteiger charge is 2.15. The van der Waals surface area contributed by atoms with Crippen LogP contribution in [0.4, 0.5) is 5.82 Å². The van der Waals surface area contributed by atoms with Crippen LogP contribution in [0.1, 0.15) is 29.8 Å². The quantitative estimate of drug-likeness (QED) is 0.773. The number of pyridine rings is 1. The molecule has 5 nitrogen and oxygen atoms in total. The Balaban J connectivity index is 1.80. The van der Waals surface area contributed by atoms with Gasteiger partial charge >= 0.3 is 0 Å². The van der Waals surface area contributed by atoms with Gasteiger partial charge in [0.05, 0.1) is 11.2 Å². The van der Waals surface area contributed by atoms with E-state index in [1.165, 1.54) is 0 Å². The number of aromatic nitrogens is 2. The summed E-state index contributed by atoms with van der Waals surface area (Å²) in [7, 11) is 0. The summed E-state index contributed by atoms with van der Waals surface area (Å²) < 4.78 is 1.76. The van der Waals surface area contributed by atoms with Gasteiger partial charge in [-0.15, -0.1) is 0 Å². The first-order chi connectivity index (χ1) is 10.8. The van der Waals surface area contributed by atoms with Crippen LogP contribution in [0.3, 0.4) is 0 Å². The van der Waals surface area contributed by atoms with Gasteiger partial charge in [0.2, 0.25) is 0 Å². The minimum atomic E-state index is -0.435. The van der Waals surface area contributed by atoms with Crippen LogP contribution < -0.4 is 11.1 Å². The molecule has 0 aliphatic carbocycles. The number of carbonyl (C=O) groups is 1. The molecule has 2 heterocycles. The van der Waals surface area contributed by atoms with Crippen LogP contribution in [0.5, 0.6) is 0 Å². The normalized spacial score (nSPS) is 11.7. The molecule has 0 unspecified atom stereocenters. The molecule has 0 atom stereocenters. The molecular formula is C17H17ClN4O. The maximum absolute atomic E-state index is 12.3. The molecule has 0 bridgehead atoms. The van der Waals surface area contributed by atoms with E-state index in [4.69, 9.17) is 17.3 Å². The predicted octanol–water partition coefficient (Wildman–Crippen LogP) is 3.43. The van der Waals surface area contributed by atoms with Crippen LogP contribution in [-0.4, -0.2) is 15.3 Å². The standard InChI is InChI=1S/C17H17ClN4O/c1-17(2,19)12-5-3-11(4-6-12)16(23)21-14-10-22-9-13(18)7-8-15(22)20-14/h3-10H,19H2,1-2H3,(H,21,23). The number of imidazole rings is 1. The van der Waals surface area contributed by atoms with Crippen molar-refractivity contribution >= 4 is 29.0 Å². The molecule has 23 heavy (non-hydrogen) atoms. The van der Waals surface area contributed by atoms with Gasteiger partial charge in [-0.1, -0.05) is 23.7 Å². The van der Waals surface area contributed by atoms with Crippen molar-refractivity contribution in [2.75, 3.05) is 5.32 Å². The van der Waals surface area contributed by atoms with E-state index in [0.29, 0.717) is 22.1 Å². The van der Waals surface area contributed by atoms with Crippen molar-refractivity contribution in [2.24, 2.45) is 5.73 Å². The molecule has 3 N–H and O–H groups in total. The second kappa shape index (κ2) is 5.68. The summed E-state index contributed by atoms with van der Waals surface area (Å²) in [5, 5.41) is 3.38. The number of amides is 1. The second-order valence-electron chi connectivity index (χ2n) is 5.99. The van der Waals surface area contributed by atoms with Crippen molar-refractivity contribution in [3.63, 3.8) is 0 Å². The first-order valence-corrected chi connectivity index (χ1v) is 7.56. The van der Waals surface area contributed by atoms with Crippen LogP contribution in [0.15, 0.2) is 48.8 Å². The molecule has 1 aromatic carbocycles. The predicted molar refractivity (Wildman–Crippen MR) is 91.8 cm³/mol. The summed E-state index contributed by atoms with van der Waals surface area (Å²) in [5.41, 5.74) is 7.83. The van der Waals surface area contributed by atoms with Crippen LogP contribution >= 0.6 is 11.6 Å². The number of carbonyl (C=O) groups excluding carboxylic acids is 1. The molecule has 3 aromatic rings. The van der Waals surface area contributed by atoms with Crippen molar-refractivity contribution < 1.29 is 4.79 Å². The van der Waals surface area contributed by atoms with E-state index < -0.39 is 5.54 Å².